The molecule has 0 radical (unpaired) electrons. The van der Waals surface area contributed by atoms with Gasteiger partial charge in [0.2, 0.25) is 0 Å². The predicted octanol–water partition coefficient (Wildman–Crippen LogP) is 1.48. The highest BCUT2D eigenvalue weighted by Gasteiger charge is 2.10. The van der Waals surface area contributed by atoms with Crippen molar-refractivity contribution in [2.45, 2.75) is 6.92 Å². The lowest BCUT2D eigenvalue weighted by Crippen LogP contribution is -2.00. The Balaban J connectivity index is 3.30. The van der Waals surface area contributed by atoms with Gasteiger partial charge in [0, 0.05) is 26.0 Å². The normalized spacial score (nSPS) is 11.1. The smallest absolute Gasteiger partial charge is 0.113 e. The zero-order valence-electron chi connectivity index (χ0n) is 8.10. The van der Waals surface area contributed by atoms with Gasteiger partial charge < -0.3 is 10.3 Å². The van der Waals surface area contributed by atoms with Gasteiger partial charge in [-0.3, -0.25) is 4.99 Å². The van der Waals surface area contributed by atoms with Gasteiger partial charge in [-0.25, -0.2) is 0 Å². The maximum atomic E-state index is 5.36. The molecule has 0 spiro atoms. The maximum absolute atomic E-state index is 5.36. The number of H-pyrrole nitrogens is 1. The van der Waals surface area contributed by atoms with Crippen molar-refractivity contribution in [3.63, 3.8) is 0 Å². The number of anilines is 1. The number of aromatic amines is 1. The lowest BCUT2D eigenvalue weighted by Gasteiger charge is -2.02. The third-order valence-corrected chi connectivity index (χ3v) is 1.98. The van der Waals surface area contributed by atoms with Gasteiger partial charge in [0.25, 0.3) is 0 Å². The highest BCUT2D eigenvalue weighted by atomic mass is 15.0. The fraction of sp³-hybridized carbons (Fsp3) is 0.300. The molecule has 0 aliphatic heterocycles. The zero-order valence-corrected chi connectivity index (χ0v) is 8.10. The number of aromatic nitrogens is 1. The maximum Gasteiger partial charge on any atom is 0.113 e. The van der Waals surface area contributed by atoms with Gasteiger partial charge in [-0.2, -0.15) is 0 Å². The van der Waals surface area contributed by atoms with E-state index in [1.807, 2.05) is 14.0 Å². The molecule has 0 saturated carbocycles. The summed E-state index contributed by atoms with van der Waals surface area (Å²) in [6.45, 7) is 1.94. The van der Waals surface area contributed by atoms with Crippen molar-refractivity contribution in [3.8, 4) is 12.3 Å². The molecule has 1 rings (SSSR count). The number of hydrogen-bond donors (Lipinski definition) is 2. The van der Waals surface area contributed by atoms with Crippen LogP contribution in [0.2, 0.25) is 0 Å². The summed E-state index contributed by atoms with van der Waals surface area (Å²) in [6, 6.07) is 0. The Kier molecular flexibility index (Phi) is 2.76. The van der Waals surface area contributed by atoms with Crippen molar-refractivity contribution in [3.05, 3.63) is 17.3 Å². The number of terminal acetylenes is 1. The highest BCUT2D eigenvalue weighted by Crippen LogP contribution is 2.18. The molecule has 0 bridgehead atoms. The van der Waals surface area contributed by atoms with E-state index in [0.29, 0.717) is 0 Å². The first-order chi connectivity index (χ1) is 6.24. The Labute approximate surface area is 78.3 Å². The van der Waals surface area contributed by atoms with Crippen molar-refractivity contribution in [2.75, 3.05) is 19.4 Å². The third kappa shape index (κ3) is 1.57. The van der Waals surface area contributed by atoms with Crippen LogP contribution in [0, 0.1) is 12.3 Å². The van der Waals surface area contributed by atoms with E-state index in [1.165, 1.54) is 0 Å². The molecule has 0 amide bonds. The molecular weight excluding hydrogens is 162 g/mol. The van der Waals surface area contributed by atoms with Crippen LogP contribution in [0.3, 0.4) is 0 Å². The second-order valence-corrected chi connectivity index (χ2v) is 2.66. The Hall–Kier alpha value is -1.69. The molecule has 0 fully saturated rings. The van der Waals surface area contributed by atoms with E-state index in [2.05, 4.69) is 21.2 Å². The van der Waals surface area contributed by atoms with Crippen molar-refractivity contribution >= 4 is 11.5 Å². The Bertz CT molecular complexity index is 366. The van der Waals surface area contributed by atoms with Crippen LogP contribution in [-0.4, -0.2) is 24.8 Å². The minimum absolute atomic E-state index is 0.840. The Morgan fingerprint density at radius 3 is 2.85 bits per heavy atom. The van der Waals surface area contributed by atoms with Crippen LogP contribution < -0.4 is 5.32 Å². The topological polar surface area (TPSA) is 40.2 Å². The molecule has 1 aromatic rings. The van der Waals surface area contributed by atoms with E-state index < -0.39 is 0 Å². The Morgan fingerprint density at radius 2 is 2.38 bits per heavy atom. The zero-order chi connectivity index (χ0) is 9.84. The van der Waals surface area contributed by atoms with Crippen LogP contribution >= 0.6 is 0 Å². The molecule has 1 heterocycles. The standard InChI is InChI=1S/C10H13N3/c1-5-8-6-13-10(12-4)9(8)7(2)11-3/h1,6,12-13H,2-4H3. The van der Waals surface area contributed by atoms with Gasteiger partial charge in [0.05, 0.1) is 11.1 Å². The van der Waals surface area contributed by atoms with Crippen molar-refractivity contribution in [1.29, 1.82) is 0 Å². The quantitative estimate of drug-likeness (QED) is 0.518. The summed E-state index contributed by atoms with van der Waals surface area (Å²) in [7, 11) is 3.60. The van der Waals surface area contributed by atoms with Crippen LogP contribution in [0.4, 0.5) is 5.82 Å². The van der Waals surface area contributed by atoms with Crippen molar-refractivity contribution in [2.24, 2.45) is 4.99 Å². The van der Waals surface area contributed by atoms with Gasteiger partial charge in [-0.1, -0.05) is 5.92 Å². The molecule has 3 heteroatoms. The van der Waals surface area contributed by atoms with E-state index in [4.69, 9.17) is 6.42 Å². The molecule has 68 valence electrons. The van der Waals surface area contributed by atoms with E-state index in [-0.39, 0.29) is 0 Å². The molecular formula is C10H13N3. The average Bonchev–Trinajstić information content (AvgIpc) is 2.59. The summed E-state index contributed by atoms with van der Waals surface area (Å²) < 4.78 is 0. The summed E-state index contributed by atoms with van der Waals surface area (Å²) in [5.74, 6) is 3.53. The van der Waals surface area contributed by atoms with Gasteiger partial charge >= 0.3 is 0 Å². The molecule has 1 aromatic heterocycles. The van der Waals surface area contributed by atoms with Crippen LogP contribution in [-0.2, 0) is 0 Å². The van der Waals surface area contributed by atoms with Crippen molar-refractivity contribution in [1.82, 2.24) is 4.98 Å². The molecule has 0 aliphatic rings. The first-order valence-electron chi connectivity index (χ1n) is 4.04. The highest BCUT2D eigenvalue weighted by molar-refractivity contribution is 6.05. The summed E-state index contributed by atoms with van der Waals surface area (Å²) in [6.07, 6.45) is 7.16. The Morgan fingerprint density at radius 1 is 1.69 bits per heavy atom. The number of aliphatic imine (C=N–C) groups is 1. The molecule has 2 N–H and O–H groups in total. The molecule has 0 atom stereocenters. The van der Waals surface area contributed by atoms with Crippen LogP contribution in [0.25, 0.3) is 0 Å². The van der Waals surface area contributed by atoms with Crippen LogP contribution in [0.1, 0.15) is 18.1 Å². The summed E-state index contributed by atoms with van der Waals surface area (Å²) in [5, 5.41) is 3.03. The van der Waals surface area contributed by atoms with Crippen LogP contribution in [0.5, 0.6) is 0 Å². The fourth-order valence-electron chi connectivity index (χ4n) is 1.22. The van der Waals surface area contributed by atoms with E-state index in [9.17, 15) is 0 Å². The van der Waals surface area contributed by atoms with Crippen molar-refractivity contribution < 1.29 is 0 Å². The SMILES string of the molecule is C#Cc1c[nH]c(NC)c1C(C)=NC. The van der Waals surface area contributed by atoms with E-state index >= 15 is 0 Å². The molecule has 0 unspecified atom stereocenters. The van der Waals surface area contributed by atoms with E-state index in [0.717, 1.165) is 22.7 Å². The number of hydrogen-bond acceptors (Lipinski definition) is 2. The minimum Gasteiger partial charge on any atom is -0.374 e. The largest absolute Gasteiger partial charge is 0.374 e. The number of nitrogens with zero attached hydrogens (tertiary/aromatic N) is 1. The molecule has 0 aliphatic carbocycles. The second-order valence-electron chi connectivity index (χ2n) is 2.66. The minimum atomic E-state index is 0.840. The molecule has 0 aromatic carbocycles. The van der Waals surface area contributed by atoms with Gasteiger partial charge in [0.1, 0.15) is 5.82 Å². The number of nitrogens with one attached hydrogen (secondary N) is 2. The summed E-state index contributed by atoms with van der Waals surface area (Å²) in [4.78, 5) is 7.16. The molecule has 0 saturated heterocycles. The first-order valence-corrected chi connectivity index (χ1v) is 4.04. The monoisotopic (exact) mass is 175 g/mol. The fourth-order valence-corrected chi connectivity index (χ4v) is 1.22. The first kappa shape index (κ1) is 9.40. The summed E-state index contributed by atoms with van der Waals surface area (Å²) in [5.41, 5.74) is 2.75. The number of rotatable bonds is 2. The van der Waals surface area contributed by atoms with Gasteiger partial charge in [-0.05, 0) is 6.92 Å². The summed E-state index contributed by atoms with van der Waals surface area (Å²) >= 11 is 0. The van der Waals surface area contributed by atoms with Crippen LogP contribution in [0.15, 0.2) is 11.2 Å². The third-order valence-electron chi connectivity index (χ3n) is 1.98. The lowest BCUT2D eigenvalue weighted by atomic mass is 10.1. The lowest BCUT2D eigenvalue weighted by molar-refractivity contribution is 1.34. The van der Waals surface area contributed by atoms with Gasteiger partial charge in [0.15, 0.2) is 0 Å². The van der Waals surface area contributed by atoms with Gasteiger partial charge in [-0.15, -0.1) is 6.42 Å². The molecule has 13 heavy (non-hydrogen) atoms. The second kappa shape index (κ2) is 3.81. The predicted molar refractivity (Wildman–Crippen MR) is 56.4 cm³/mol. The molecule has 3 nitrogen and oxygen atoms in total. The van der Waals surface area contributed by atoms with E-state index in [1.54, 1.807) is 13.2 Å². The average molecular weight is 175 g/mol.